The molecule has 736 valence electrons. The van der Waals surface area contributed by atoms with Crippen LogP contribution >= 0.6 is 0 Å². The number of hydrogen-bond acceptors (Lipinski definition) is 16. The van der Waals surface area contributed by atoms with Crippen molar-refractivity contribution in [2.24, 2.45) is 47.3 Å². The highest BCUT2D eigenvalue weighted by Crippen LogP contribution is 2.56. The van der Waals surface area contributed by atoms with Gasteiger partial charge in [0, 0.05) is 96.0 Å². The predicted octanol–water partition coefficient (Wildman–Crippen LogP) is 16.0. The molecule has 8 aromatic rings. The van der Waals surface area contributed by atoms with E-state index in [1.165, 1.54) is 0 Å². The highest BCUT2D eigenvalue weighted by molar-refractivity contribution is 5.61. The third-order valence-corrected chi connectivity index (χ3v) is 26.4. The zero-order valence-electron chi connectivity index (χ0n) is 66.3. The van der Waals surface area contributed by atoms with Crippen LogP contribution in [0.4, 0.5) is 221 Å². The third-order valence-electron chi connectivity index (χ3n) is 26.4. The summed E-state index contributed by atoms with van der Waals surface area (Å²) in [5, 5.41) is 28.4. The van der Waals surface area contributed by atoms with Gasteiger partial charge >= 0.3 is 0 Å². The van der Waals surface area contributed by atoms with Crippen molar-refractivity contribution in [3.05, 3.63) is 235 Å². The van der Waals surface area contributed by atoms with Crippen LogP contribution in [0.3, 0.4) is 0 Å². The molecule has 0 spiro atoms. The Kier molecular flexibility index (Phi) is 25.5. The van der Waals surface area contributed by atoms with Gasteiger partial charge in [-0.05, 0) is 12.3 Å². The molecule has 5 heterocycles. The number of fused-ring (bicyclic) bond motifs is 20. The zero-order valence-corrected chi connectivity index (χ0v) is 66.3. The molecular formula is C80H56F40N16. The van der Waals surface area contributed by atoms with E-state index in [2.05, 4.69) is 37.2 Å². The minimum absolute atomic E-state index is 0.266. The second-order valence-electron chi connectivity index (χ2n) is 33.5. The molecule has 8 aromatic carbocycles. The number of hydrogen-bond donors (Lipinski definition) is 15. The van der Waals surface area contributed by atoms with Gasteiger partial charge in [-0.2, -0.15) is 5.01 Å². The van der Waals surface area contributed by atoms with Gasteiger partial charge in [0.1, 0.15) is 70.2 Å². The van der Waals surface area contributed by atoms with E-state index >= 15 is 176 Å². The van der Waals surface area contributed by atoms with Gasteiger partial charge in [-0.1, -0.05) is 0 Å². The predicted molar refractivity (Wildman–Crippen MR) is 391 cm³/mol. The Morgan fingerprint density at radius 1 is 0.191 bits per heavy atom. The summed E-state index contributed by atoms with van der Waals surface area (Å²) >= 11 is 0. The number of benzene rings is 8. The van der Waals surface area contributed by atoms with Crippen LogP contribution in [0.25, 0.3) is 0 Å². The molecule has 9 aliphatic rings. The molecule has 9 fully saturated rings. The van der Waals surface area contributed by atoms with Crippen LogP contribution in [0, 0.1) is 233 Å². The van der Waals surface area contributed by atoms with E-state index < -0.39 is 475 Å². The Balaban J connectivity index is 1.03. The fourth-order valence-corrected chi connectivity index (χ4v) is 20.6. The van der Waals surface area contributed by atoms with Crippen molar-refractivity contribution in [3.63, 3.8) is 0 Å². The molecule has 31 atom stereocenters. The van der Waals surface area contributed by atoms with Gasteiger partial charge in [-0.25, -0.2) is 176 Å². The van der Waals surface area contributed by atoms with Gasteiger partial charge < -0.3 is 42.6 Å². The number of halogens is 40. The number of nitrogens with zero attached hydrogens (tertiary/aromatic N) is 1. The number of rotatable bonds is 16. The van der Waals surface area contributed by atoms with Gasteiger partial charge in [0.05, 0.1) is 85.6 Å². The highest BCUT2D eigenvalue weighted by Gasteiger charge is 2.70. The van der Waals surface area contributed by atoms with Crippen LogP contribution in [-0.4, -0.2) is 146 Å². The Labute approximate surface area is 733 Å². The maximum atomic E-state index is 18.0. The Hall–Kier alpha value is -11.0. The summed E-state index contributed by atoms with van der Waals surface area (Å²) < 4.78 is 669. The third kappa shape index (κ3) is 15.8. The van der Waals surface area contributed by atoms with Gasteiger partial charge in [0.2, 0.25) is 0 Å². The fourth-order valence-electron chi connectivity index (χ4n) is 20.6. The molecule has 56 heteroatoms. The lowest BCUT2D eigenvalue weighted by Gasteiger charge is -2.53. The first kappa shape index (κ1) is 96.7. The lowest BCUT2D eigenvalue weighted by Crippen LogP contribution is -2.71. The van der Waals surface area contributed by atoms with Crippen LogP contribution in [-0.2, 0) is 0 Å². The standard InChI is InChI=1S/C80H56F40N16/c81-11-2-12(82)36(98)63(35(11)97)121-27-1-10-28(60(123-65-39(101)15(85)4-16(86)40(65)102)59(27)122-64-37(99)13(83)3-14(84)38(64)100)74-128-73(10)129-75-29-30(52(114)56(118)55(117)51(29)113)76(130-75)131-77-31-32(54(116)58(120)57(119)53(31)115)78(132-77)134-80-34-33(79(133-74)136(80)135-70-49(111)25(95)9-26(96)50(70)112)61(124-66-41(103)17(87)5-18(88)42(66)104)71(126-68-45(107)21(91)7-22(92)46(68)108)72(127-69-47(109)23(93)8-24(94)48(69)110)62(34)125-67-43(105)19(89)6-20(90)44(67)106/h2-10,27-34,51-62,71-80,121-135H,1H2. The quantitative estimate of drug-likeness (QED) is 0.0324. The highest BCUT2D eigenvalue weighted by atomic mass is 19.2. The lowest BCUT2D eigenvalue weighted by molar-refractivity contribution is -0.0875. The van der Waals surface area contributed by atoms with Crippen molar-refractivity contribution < 1.29 is 176 Å². The molecule has 5 saturated heterocycles. The summed E-state index contributed by atoms with van der Waals surface area (Å²) in [4.78, 5) is 0. The summed E-state index contributed by atoms with van der Waals surface area (Å²) in [6.45, 7) is 0. The van der Waals surface area contributed by atoms with Gasteiger partial charge in [-0.3, -0.25) is 37.2 Å². The Morgan fingerprint density at radius 2 is 0.375 bits per heavy atom. The molecule has 17 rings (SSSR count). The van der Waals surface area contributed by atoms with E-state index in [1.807, 2.05) is 10.6 Å². The zero-order chi connectivity index (χ0) is 98.5. The van der Waals surface area contributed by atoms with E-state index in [0.717, 1.165) is 0 Å². The van der Waals surface area contributed by atoms with E-state index in [1.54, 1.807) is 32.0 Å². The number of nitrogens with one attached hydrogen (secondary N) is 15. The largest absolute Gasteiger partial charge is 0.375 e. The second-order valence-corrected chi connectivity index (χ2v) is 33.5. The number of anilines is 8. The number of hydrazine groups is 1. The van der Waals surface area contributed by atoms with Crippen LogP contribution in [0.2, 0.25) is 0 Å². The SMILES string of the molecule is Fc1cc(F)c(F)c(NC2CC3C4NC(NC5C6C(Nc7c(F)c(F)cc(F)c7F)C(Nc7c(F)c(F)cc(F)c7F)C(Nc7c(F)c(F)cc(F)c7F)C(Nc7c(F)c(F)cc(F)c7F)C6C(NC6NC(NC7NC(N4)C4C(F)C(F)C(F)C(F)C74)C4C(F)C(F)C(F)C(F)C64)N5Nc4c(F)c(F)cc(F)c4F)C3C(Nc3c(F)c(F)cc(F)c3F)C2Nc2c(F)c(F)cc(F)c2F)c1F. The van der Waals surface area contributed by atoms with Crippen molar-refractivity contribution in [2.45, 2.75) is 147 Å². The maximum absolute atomic E-state index is 18.0. The molecule has 5 aliphatic heterocycles. The van der Waals surface area contributed by atoms with Crippen molar-refractivity contribution in [2.75, 3.05) is 42.6 Å². The lowest BCUT2D eigenvalue weighted by atomic mass is 9.66. The normalized spacial score (nSPS) is 33.5. The Bertz CT molecular complexity index is 5870. The van der Waals surface area contributed by atoms with Crippen molar-refractivity contribution >= 4 is 45.5 Å². The van der Waals surface area contributed by atoms with E-state index in [4.69, 9.17) is 0 Å². The van der Waals surface area contributed by atoms with Gasteiger partial charge in [-0.15, -0.1) is 0 Å². The first-order valence-electron chi connectivity index (χ1n) is 40.0. The second kappa shape index (κ2) is 35.8. The first-order valence-corrected chi connectivity index (χ1v) is 40.0. The van der Waals surface area contributed by atoms with Crippen molar-refractivity contribution in [1.82, 2.24) is 42.2 Å². The summed E-state index contributed by atoms with van der Waals surface area (Å²) in [6.07, 6.45) is -55.0. The van der Waals surface area contributed by atoms with E-state index in [9.17, 15) is 0 Å². The van der Waals surface area contributed by atoms with E-state index in [-0.39, 0.29) is 5.01 Å². The van der Waals surface area contributed by atoms with Gasteiger partial charge in [0.25, 0.3) is 0 Å². The molecule has 0 aromatic heterocycles. The van der Waals surface area contributed by atoms with E-state index in [0.29, 0.717) is 0 Å². The van der Waals surface area contributed by atoms with Crippen LogP contribution in [0.15, 0.2) is 48.5 Å². The minimum atomic E-state index is -3.90. The van der Waals surface area contributed by atoms with Gasteiger partial charge in [0.15, 0.2) is 211 Å². The Morgan fingerprint density at radius 3 is 0.618 bits per heavy atom. The van der Waals surface area contributed by atoms with Crippen LogP contribution in [0.1, 0.15) is 6.42 Å². The molecular weight excluding hydrogens is 1940 g/mol. The molecule has 31 unspecified atom stereocenters. The summed E-state index contributed by atoms with van der Waals surface area (Å²) in [7, 11) is 0. The topological polar surface area (TPSA) is 184 Å². The van der Waals surface area contributed by atoms with Crippen molar-refractivity contribution in [3.8, 4) is 0 Å². The first-order chi connectivity index (χ1) is 64.0. The molecule has 4 saturated carbocycles. The monoisotopic (exact) mass is 2000 g/mol. The molecule has 136 heavy (non-hydrogen) atoms. The number of alkyl halides is 8. The molecule has 16 nitrogen and oxygen atoms in total. The molecule has 15 N–H and O–H groups in total. The molecule has 8 bridgehead atoms. The summed E-state index contributed by atoms with van der Waals surface area (Å²) in [5.74, 6) is -110. The van der Waals surface area contributed by atoms with Crippen molar-refractivity contribution in [1.29, 1.82) is 0 Å². The fraction of sp³-hybridized carbons (Fsp3) is 0.400. The van der Waals surface area contributed by atoms with Crippen LogP contribution < -0.4 is 79.9 Å². The smallest absolute Gasteiger partial charge is 0.186 e. The average Bonchev–Trinajstić information content (AvgIpc) is 1.53. The summed E-state index contributed by atoms with van der Waals surface area (Å²) in [6, 6.07) is -29.1. The summed E-state index contributed by atoms with van der Waals surface area (Å²) in [5.41, 5.74) is -17.7. The minimum Gasteiger partial charge on any atom is -0.375 e. The maximum Gasteiger partial charge on any atom is 0.186 e. The van der Waals surface area contributed by atoms with Crippen LogP contribution in [0.5, 0.6) is 0 Å². The molecule has 4 aliphatic carbocycles. The molecule has 0 amide bonds. The molecule has 0 radical (unpaired) electrons. The average molecular weight is 2000 g/mol.